The Morgan fingerprint density at radius 3 is 2.52 bits per heavy atom. The van der Waals surface area contributed by atoms with E-state index in [9.17, 15) is 19.2 Å². The molecule has 2 N–H and O–H groups in total. The summed E-state index contributed by atoms with van der Waals surface area (Å²) in [6.07, 6.45) is 0. The number of aromatic nitrogens is 2. The van der Waals surface area contributed by atoms with Gasteiger partial charge >= 0.3 is 12.0 Å². The van der Waals surface area contributed by atoms with E-state index in [-0.39, 0.29) is 0 Å². The van der Waals surface area contributed by atoms with Crippen LogP contribution in [0.2, 0.25) is 5.02 Å². The van der Waals surface area contributed by atoms with Crippen molar-refractivity contribution in [3.63, 3.8) is 0 Å². The molecule has 1 aromatic carbocycles. The molecule has 3 amide bonds. The fourth-order valence-corrected chi connectivity index (χ4v) is 2.23. The van der Waals surface area contributed by atoms with Gasteiger partial charge in [0.05, 0.1) is 5.69 Å². The van der Waals surface area contributed by atoms with E-state index in [1.165, 1.54) is 10.7 Å². The predicted octanol–water partition coefficient (Wildman–Crippen LogP) is 1.20. The van der Waals surface area contributed by atoms with Gasteiger partial charge in [-0.1, -0.05) is 11.6 Å². The summed E-state index contributed by atoms with van der Waals surface area (Å²) in [6, 6.07) is 7.13. The molecule has 0 unspecified atom stereocenters. The number of aryl methyl sites for hydroxylation is 1. The van der Waals surface area contributed by atoms with Crippen LogP contribution in [0.5, 0.6) is 0 Å². The zero-order chi connectivity index (χ0) is 20.0. The van der Waals surface area contributed by atoms with Crippen molar-refractivity contribution in [2.45, 2.75) is 13.8 Å². The van der Waals surface area contributed by atoms with Crippen molar-refractivity contribution in [3.8, 4) is 5.69 Å². The lowest BCUT2D eigenvalue weighted by Gasteiger charge is -2.11. The number of halogens is 1. The summed E-state index contributed by atoms with van der Waals surface area (Å²) in [4.78, 5) is 47.0. The van der Waals surface area contributed by atoms with Crippen LogP contribution in [-0.2, 0) is 9.53 Å². The number of nitrogens with zero attached hydrogens (tertiary/aromatic N) is 2. The third-order valence-electron chi connectivity index (χ3n) is 3.30. The van der Waals surface area contributed by atoms with Crippen molar-refractivity contribution in [1.29, 1.82) is 0 Å². The molecule has 0 aliphatic heterocycles. The minimum atomic E-state index is -1.08. The first-order chi connectivity index (χ1) is 12.8. The Bertz CT molecular complexity index is 924. The summed E-state index contributed by atoms with van der Waals surface area (Å²) in [5.41, 5.74) is -0.0546. The smallest absolute Gasteiger partial charge is 0.363 e. The molecular formula is C17H17ClN4O5. The van der Waals surface area contributed by atoms with E-state index in [0.29, 0.717) is 22.9 Å². The van der Waals surface area contributed by atoms with Crippen molar-refractivity contribution in [2.24, 2.45) is 0 Å². The number of urea groups is 1. The standard InChI is InChI=1S/C17H17ClN4O5/c1-3-19-17(26)20-14(24)9-27-16(25)15-13(23)8-10(2)22(21-15)12-6-4-11(18)5-7-12/h4-8H,3,9H2,1-2H3,(H2,19,20,24,26). The highest BCUT2D eigenvalue weighted by Crippen LogP contribution is 2.13. The number of ether oxygens (including phenoxy) is 1. The van der Waals surface area contributed by atoms with Crippen LogP contribution in [0.3, 0.4) is 0 Å². The number of imide groups is 1. The number of nitrogens with one attached hydrogen (secondary N) is 2. The quantitative estimate of drug-likeness (QED) is 0.738. The summed E-state index contributed by atoms with van der Waals surface area (Å²) < 4.78 is 6.15. The molecular weight excluding hydrogens is 376 g/mol. The summed E-state index contributed by atoms with van der Waals surface area (Å²) in [5, 5.41) is 8.86. The van der Waals surface area contributed by atoms with Crippen LogP contribution in [0.25, 0.3) is 5.69 Å². The van der Waals surface area contributed by atoms with E-state index in [1.54, 1.807) is 38.1 Å². The lowest BCUT2D eigenvalue weighted by atomic mass is 10.3. The van der Waals surface area contributed by atoms with Crippen molar-refractivity contribution in [3.05, 3.63) is 57.0 Å². The first kappa shape index (κ1) is 20.1. The minimum absolute atomic E-state index is 0.330. The second-order valence-corrected chi connectivity index (χ2v) is 5.81. The summed E-state index contributed by atoms with van der Waals surface area (Å²) in [6.45, 7) is 2.93. The van der Waals surface area contributed by atoms with Crippen LogP contribution in [0, 0.1) is 6.92 Å². The highest BCUT2D eigenvalue weighted by Gasteiger charge is 2.18. The number of hydrogen-bond acceptors (Lipinski definition) is 6. The van der Waals surface area contributed by atoms with Gasteiger partial charge in [0.1, 0.15) is 0 Å². The van der Waals surface area contributed by atoms with Crippen LogP contribution in [0.4, 0.5) is 4.79 Å². The fraction of sp³-hybridized carbons (Fsp3) is 0.235. The molecule has 0 saturated heterocycles. The van der Waals surface area contributed by atoms with Crippen molar-refractivity contribution >= 4 is 29.5 Å². The molecule has 0 bridgehead atoms. The number of benzene rings is 1. The summed E-state index contributed by atoms with van der Waals surface area (Å²) >= 11 is 5.85. The maximum absolute atomic E-state index is 12.1. The normalized spacial score (nSPS) is 10.2. The van der Waals surface area contributed by atoms with Gasteiger partial charge in [-0.3, -0.25) is 14.9 Å². The van der Waals surface area contributed by atoms with Crippen molar-refractivity contribution in [2.75, 3.05) is 13.2 Å². The van der Waals surface area contributed by atoms with Crippen LogP contribution in [0.15, 0.2) is 35.1 Å². The zero-order valence-corrected chi connectivity index (χ0v) is 15.4. The van der Waals surface area contributed by atoms with Gasteiger partial charge in [-0.15, -0.1) is 0 Å². The van der Waals surface area contributed by atoms with Crippen LogP contribution < -0.4 is 16.1 Å². The molecule has 1 aromatic heterocycles. The molecule has 10 heteroatoms. The highest BCUT2D eigenvalue weighted by atomic mass is 35.5. The Morgan fingerprint density at radius 1 is 1.22 bits per heavy atom. The lowest BCUT2D eigenvalue weighted by molar-refractivity contribution is -0.123. The van der Waals surface area contributed by atoms with E-state index in [4.69, 9.17) is 16.3 Å². The fourth-order valence-electron chi connectivity index (χ4n) is 2.10. The maximum Gasteiger partial charge on any atom is 0.363 e. The Kier molecular flexibility index (Phi) is 6.67. The second kappa shape index (κ2) is 8.95. The van der Waals surface area contributed by atoms with Crippen LogP contribution >= 0.6 is 11.6 Å². The van der Waals surface area contributed by atoms with Crippen LogP contribution in [0.1, 0.15) is 23.1 Å². The molecule has 2 aromatic rings. The summed E-state index contributed by atoms with van der Waals surface area (Å²) in [5.74, 6) is -1.91. The molecule has 0 atom stereocenters. The number of carbonyl (C=O) groups is 3. The van der Waals surface area contributed by atoms with Gasteiger partial charge in [-0.2, -0.15) is 5.10 Å². The van der Waals surface area contributed by atoms with E-state index < -0.39 is 35.6 Å². The van der Waals surface area contributed by atoms with E-state index in [0.717, 1.165) is 0 Å². The third kappa shape index (κ3) is 5.38. The molecule has 0 radical (unpaired) electrons. The Balaban J connectivity index is 2.15. The lowest BCUT2D eigenvalue weighted by Crippen LogP contribution is -2.41. The molecule has 142 valence electrons. The Hall–Kier alpha value is -3.20. The van der Waals surface area contributed by atoms with E-state index in [1.807, 2.05) is 5.32 Å². The molecule has 2 rings (SSSR count). The largest absolute Gasteiger partial charge is 0.451 e. The number of esters is 1. The molecule has 0 fully saturated rings. The molecule has 0 aliphatic rings. The van der Waals surface area contributed by atoms with Crippen LogP contribution in [-0.4, -0.2) is 40.8 Å². The van der Waals surface area contributed by atoms with Gasteiger partial charge in [-0.05, 0) is 38.1 Å². The monoisotopic (exact) mass is 392 g/mol. The summed E-state index contributed by atoms with van der Waals surface area (Å²) in [7, 11) is 0. The third-order valence-corrected chi connectivity index (χ3v) is 3.55. The molecule has 9 nitrogen and oxygen atoms in total. The SMILES string of the molecule is CCNC(=O)NC(=O)COC(=O)c1nn(-c2ccc(Cl)cc2)c(C)cc1=O. The topological polar surface area (TPSA) is 119 Å². The average Bonchev–Trinajstić information content (AvgIpc) is 2.61. The Morgan fingerprint density at radius 2 is 1.89 bits per heavy atom. The van der Waals surface area contributed by atoms with Gasteiger partial charge in [0, 0.05) is 23.3 Å². The minimum Gasteiger partial charge on any atom is -0.451 e. The maximum atomic E-state index is 12.1. The van der Waals surface area contributed by atoms with Crippen molar-refractivity contribution < 1.29 is 19.1 Å². The van der Waals surface area contributed by atoms with E-state index >= 15 is 0 Å². The molecule has 0 aliphatic carbocycles. The Labute approximate surface area is 159 Å². The number of amides is 3. The molecule has 1 heterocycles. The number of hydrogen-bond donors (Lipinski definition) is 2. The molecule has 27 heavy (non-hydrogen) atoms. The highest BCUT2D eigenvalue weighted by molar-refractivity contribution is 6.30. The van der Waals surface area contributed by atoms with Gasteiger partial charge in [0.2, 0.25) is 11.1 Å². The van der Waals surface area contributed by atoms with Gasteiger partial charge < -0.3 is 10.1 Å². The first-order valence-corrected chi connectivity index (χ1v) is 8.31. The first-order valence-electron chi connectivity index (χ1n) is 7.93. The van der Waals surface area contributed by atoms with Gasteiger partial charge in [0.25, 0.3) is 5.91 Å². The second-order valence-electron chi connectivity index (χ2n) is 5.37. The van der Waals surface area contributed by atoms with Gasteiger partial charge in [-0.25, -0.2) is 14.3 Å². The molecule has 0 spiro atoms. The number of rotatable bonds is 5. The number of carbonyl (C=O) groups excluding carboxylic acids is 3. The van der Waals surface area contributed by atoms with E-state index in [2.05, 4.69) is 10.4 Å². The average molecular weight is 393 g/mol. The molecule has 0 saturated carbocycles. The predicted molar refractivity (Wildman–Crippen MR) is 97.1 cm³/mol. The van der Waals surface area contributed by atoms with Crippen molar-refractivity contribution in [1.82, 2.24) is 20.4 Å². The van der Waals surface area contributed by atoms with Gasteiger partial charge in [0.15, 0.2) is 6.61 Å². The zero-order valence-electron chi connectivity index (χ0n) is 14.6.